The molecular weight excluding hydrogens is 497 g/mol. The number of thiophene rings is 1. The van der Waals surface area contributed by atoms with Crippen LogP contribution in [-0.4, -0.2) is 25.1 Å². The highest BCUT2D eigenvalue weighted by molar-refractivity contribution is 7.14. The van der Waals surface area contributed by atoms with Gasteiger partial charge in [0, 0.05) is 39.2 Å². The Hall–Kier alpha value is -4.82. The van der Waals surface area contributed by atoms with Crippen LogP contribution in [0.4, 0.5) is 4.39 Å². The molecule has 0 aliphatic carbocycles. The Morgan fingerprint density at radius 2 is 1.79 bits per heavy atom. The Balaban J connectivity index is 1.24. The molecule has 5 aromatic heterocycles. The number of H-pyrrole nitrogens is 2. The molecule has 0 bridgehead atoms. The van der Waals surface area contributed by atoms with E-state index in [1.165, 1.54) is 6.07 Å². The van der Waals surface area contributed by atoms with Crippen LogP contribution in [0.25, 0.3) is 54.9 Å². The van der Waals surface area contributed by atoms with E-state index in [-0.39, 0.29) is 5.13 Å². The molecule has 184 valence electrons. The van der Waals surface area contributed by atoms with Crippen molar-refractivity contribution < 1.29 is 9.13 Å². The van der Waals surface area contributed by atoms with Gasteiger partial charge in [-0.3, -0.25) is 10.1 Å². The van der Waals surface area contributed by atoms with Gasteiger partial charge in [0.15, 0.2) is 5.13 Å². The number of nitrogens with zero attached hydrogens (tertiary/aromatic N) is 3. The molecule has 5 heterocycles. The molecule has 8 heteroatoms. The van der Waals surface area contributed by atoms with E-state index < -0.39 is 0 Å². The van der Waals surface area contributed by atoms with Crippen LogP contribution in [0, 0.1) is 5.13 Å². The maximum Gasteiger partial charge on any atom is 0.176 e. The Labute approximate surface area is 220 Å². The second-order valence-electron chi connectivity index (χ2n) is 8.92. The van der Waals surface area contributed by atoms with Crippen LogP contribution < -0.4 is 4.74 Å². The maximum atomic E-state index is 13.7. The number of halogens is 1. The Morgan fingerprint density at radius 3 is 2.66 bits per heavy atom. The third kappa shape index (κ3) is 4.10. The van der Waals surface area contributed by atoms with E-state index in [4.69, 9.17) is 4.74 Å². The number of hydrogen-bond acceptors (Lipinski definition) is 5. The SMILES string of the molecule is Fc1ccc(-c2ccnc3[nH]c(-c4n[nH]c5ccc(-c6cncc(OCc7ccccc7)c6)cc45)cc23)s1. The average Bonchev–Trinajstić information content (AvgIpc) is 3.70. The van der Waals surface area contributed by atoms with Gasteiger partial charge in [-0.15, -0.1) is 11.3 Å². The number of rotatable bonds is 6. The largest absolute Gasteiger partial charge is 0.487 e. The van der Waals surface area contributed by atoms with Gasteiger partial charge in [-0.25, -0.2) is 4.98 Å². The number of aromatic amines is 2. The van der Waals surface area contributed by atoms with Gasteiger partial charge >= 0.3 is 0 Å². The number of fused-ring (bicyclic) bond motifs is 2. The minimum Gasteiger partial charge on any atom is -0.487 e. The van der Waals surface area contributed by atoms with Crippen molar-refractivity contribution in [2.45, 2.75) is 6.61 Å². The van der Waals surface area contributed by atoms with Gasteiger partial charge in [-0.1, -0.05) is 36.4 Å². The first-order chi connectivity index (χ1) is 18.7. The van der Waals surface area contributed by atoms with Crippen molar-refractivity contribution in [2.75, 3.05) is 0 Å². The number of nitrogens with one attached hydrogen (secondary N) is 2. The second kappa shape index (κ2) is 9.24. The Morgan fingerprint density at radius 1 is 0.868 bits per heavy atom. The fraction of sp³-hybridized carbons (Fsp3) is 0.0333. The molecule has 0 radical (unpaired) electrons. The first-order valence-electron chi connectivity index (χ1n) is 12.1. The topological polar surface area (TPSA) is 79.5 Å². The lowest BCUT2D eigenvalue weighted by molar-refractivity contribution is 0.305. The molecular formula is C30H20FN5OS. The monoisotopic (exact) mass is 517 g/mol. The van der Waals surface area contributed by atoms with Gasteiger partial charge in [-0.05, 0) is 53.6 Å². The normalized spacial score (nSPS) is 11.4. The van der Waals surface area contributed by atoms with Crippen LogP contribution in [0.1, 0.15) is 5.56 Å². The van der Waals surface area contributed by atoms with Crippen LogP contribution in [-0.2, 0) is 6.61 Å². The van der Waals surface area contributed by atoms with Crippen molar-refractivity contribution >= 4 is 33.3 Å². The lowest BCUT2D eigenvalue weighted by Crippen LogP contribution is -1.95. The molecule has 0 amide bonds. The summed E-state index contributed by atoms with van der Waals surface area (Å²) in [6.07, 6.45) is 5.29. The van der Waals surface area contributed by atoms with Crippen molar-refractivity contribution in [3.8, 4) is 38.7 Å². The highest BCUT2D eigenvalue weighted by Gasteiger charge is 2.16. The second-order valence-corrected chi connectivity index (χ2v) is 9.96. The highest BCUT2D eigenvalue weighted by Crippen LogP contribution is 2.36. The first-order valence-corrected chi connectivity index (χ1v) is 12.9. The van der Waals surface area contributed by atoms with E-state index in [0.717, 1.165) is 71.8 Å². The third-order valence-electron chi connectivity index (χ3n) is 6.48. The molecule has 7 aromatic rings. The summed E-state index contributed by atoms with van der Waals surface area (Å²) in [6, 6.07) is 25.4. The summed E-state index contributed by atoms with van der Waals surface area (Å²) in [5.41, 5.74) is 7.25. The molecule has 7 rings (SSSR count). The molecule has 6 nitrogen and oxygen atoms in total. The third-order valence-corrected chi connectivity index (χ3v) is 7.39. The number of pyridine rings is 2. The van der Waals surface area contributed by atoms with Gasteiger partial charge in [0.2, 0.25) is 0 Å². The smallest absolute Gasteiger partial charge is 0.176 e. The van der Waals surface area contributed by atoms with Gasteiger partial charge in [0.1, 0.15) is 23.7 Å². The number of ether oxygens (including phenoxy) is 1. The van der Waals surface area contributed by atoms with Crippen molar-refractivity contribution in [1.82, 2.24) is 25.1 Å². The predicted molar refractivity (Wildman–Crippen MR) is 148 cm³/mol. The average molecular weight is 518 g/mol. The molecule has 2 N–H and O–H groups in total. The lowest BCUT2D eigenvalue weighted by atomic mass is 10.0. The molecule has 0 saturated heterocycles. The van der Waals surface area contributed by atoms with Crippen molar-refractivity contribution in [1.29, 1.82) is 0 Å². The molecule has 0 atom stereocenters. The molecule has 2 aromatic carbocycles. The van der Waals surface area contributed by atoms with Crippen LogP contribution in [0.15, 0.2) is 97.5 Å². The number of hydrogen-bond donors (Lipinski definition) is 2. The molecule has 0 aliphatic rings. The van der Waals surface area contributed by atoms with Crippen molar-refractivity contribution in [3.05, 3.63) is 108 Å². The highest BCUT2D eigenvalue weighted by atomic mass is 32.1. The Bertz CT molecular complexity index is 1910. The minimum atomic E-state index is -0.212. The summed E-state index contributed by atoms with van der Waals surface area (Å²) in [5, 5.41) is 9.41. The minimum absolute atomic E-state index is 0.212. The lowest BCUT2D eigenvalue weighted by Gasteiger charge is -2.08. The molecule has 0 fully saturated rings. The molecule has 0 saturated carbocycles. The summed E-state index contributed by atoms with van der Waals surface area (Å²) < 4.78 is 19.7. The summed E-state index contributed by atoms with van der Waals surface area (Å²) in [5.74, 6) is 0.707. The van der Waals surface area contributed by atoms with E-state index in [1.54, 1.807) is 18.5 Å². The summed E-state index contributed by atoms with van der Waals surface area (Å²) >= 11 is 1.12. The maximum absolute atomic E-state index is 13.7. The molecule has 38 heavy (non-hydrogen) atoms. The summed E-state index contributed by atoms with van der Waals surface area (Å²) in [6.45, 7) is 0.478. The molecule has 0 unspecified atom stereocenters. The van der Waals surface area contributed by atoms with Gasteiger partial charge in [-0.2, -0.15) is 9.49 Å². The van der Waals surface area contributed by atoms with Crippen molar-refractivity contribution in [3.63, 3.8) is 0 Å². The van der Waals surface area contributed by atoms with E-state index in [1.807, 2.05) is 66.9 Å². The van der Waals surface area contributed by atoms with Crippen LogP contribution in [0.5, 0.6) is 5.75 Å². The summed E-state index contributed by atoms with van der Waals surface area (Å²) in [4.78, 5) is 13.1. The Kier molecular flexibility index (Phi) is 5.44. The van der Waals surface area contributed by atoms with Gasteiger partial charge in [0.25, 0.3) is 0 Å². The first kappa shape index (κ1) is 22.4. The molecule has 0 aliphatic heterocycles. The van der Waals surface area contributed by atoms with Crippen molar-refractivity contribution in [2.24, 2.45) is 0 Å². The quantitative estimate of drug-likeness (QED) is 0.238. The standard InChI is InChI=1S/C30H20FN5OS/c31-28-9-8-27(38-28)22-10-11-33-30-23(22)14-26(34-30)29-24-13-19(6-7-25(24)35-36-29)20-12-21(16-32-15-20)37-17-18-4-2-1-3-5-18/h1-16H,17H2,(H,33,34)(H,35,36). The zero-order valence-corrected chi connectivity index (χ0v) is 20.8. The number of aromatic nitrogens is 5. The molecule has 0 spiro atoms. The van der Waals surface area contributed by atoms with Crippen LogP contribution in [0.2, 0.25) is 0 Å². The fourth-order valence-electron chi connectivity index (χ4n) is 4.62. The zero-order valence-electron chi connectivity index (χ0n) is 20.0. The van der Waals surface area contributed by atoms with E-state index in [0.29, 0.717) is 12.4 Å². The fourth-order valence-corrected chi connectivity index (χ4v) is 5.39. The zero-order chi connectivity index (χ0) is 25.5. The number of benzene rings is 2. The van der Waals surface area contributed by atoms with Crippen LogP contribution >= 0.6 is 11.3 Å². The van der Waals surface area contributed by atoms with Crippen LogP contribution in [0.3, 0.4) is 0 Å². The summed E-state index contributed by atoms with van der Waals surface area (Å²) in [7, 11) is 0. The van der Waals surface area contributed by atoms with Gasteiger partial charge < -0.3 is 9.72 Å². The van der Waals surface area contributed by atoms with Gasteiger partial charge in [0.05, 0.1) is 17.4 Å². The van der Waals surface area contributed by atoms with E-state index in [9.17, 15) is 4.39 Å². The van der Waals surface area contributed by atoms with E-state index in [2.05, 4.69) is 31.2 Å². The van der Waals surface area contributed by atoms with E-state index >= 15 is 0 Å². The predicted octanol–water partition coefficient (Wildman–Crippen LogP) is 7.61.